The lowest BCUT2D eigenvalue weighted by molar-refractivity contribution is 0.107. The minimum atomic E-state index is -0.261. The number of methoxy groups -OCH3 is 1. The summed E-state index contributed by atoms with van der Waals surface area (Å²) < 4.78 is 6.08. The zero-order chi connectivity index (χ0) is 15.2. The number of carbonyl (C=O) groups excluding carboxylic acids is 1. The summed E-state index contributed by atoms with van der Waals surface area (Å²) in [6.07, 6.45) is -0.203. The molecule has 0 saturated heterocycles. The molecule has 6 heteroatoms. The monoisotopic (exact) mass is 324 g/mol. The van der Waals surface area contributed by atoms with Crippen LogP contribution in [-0.2, 0) is 4.74 Å². The van der Waals surface area contributed by atoms with Crippen molar-refractivity contribution in [3.63, 3.8) is 0 Å². The van der Waals surface area contributed by atoms with Crippen LogP contribution in [0, 0.1) is 6.92 Å². The molecule has 2 aromatic rings. The standard InChI is InChI=1S/C15H17ClN2O2S/c1-10-3-5-11(6-4-10)18-15(19)17-9-12(20-2)13-7-8-14(16)21-13/h3-8,12H,9H2,1-2H3,(H2,17,18,19). The largest absolute Gasteiger partial charge is 0.374 e. The number of nitrogens with one attached hydrogen (secondary N) is 2. The highest BCUT2D eigenvalue weighted by atomic mass is 35.5. The lowest BCUT2D eigenvalue weighted by Crippen LogP contribution is -2.32. The number of benzene rings is 1. The van der Waals surface area contributed by atoms with Gasteiger partial charge in [0, 0.05) is 17.7 Å². The Bertz CT molecular complexity index is 598. The van der Waals surface area contributed by atoms with Crippen LogP contribution in [0.1, 0.15) is 16.5 Å². The Kier molecular flexibility index (Phi) is 5.61. The molecule has 1 aromatic heterocycles. The van der Waals surface area contributed by atoms with Gasteiger partial charge in [-0.15, -0.1) is 11.3 Å². The molecule has 0 radical (unpaired) electrons. The summed E-state index contributed by atoms with van der Waals surface area (Å²) in [7, 11) is 1.61. The molecule has 112 valence electrons. The number of urea groups is 1. The third-order valence-electron chi connectivity index (χ3n) is 2.95. The van der Waals surface area contributed by atoms with Crippen LogP contribution in [0.4, 0.5) is 10.5 Å². The van der Waals surface area contributed by atoms with E-state index in [9.17, 15) is 4.79 Å². The maximum Gasteiger partial charge on any atom is 0.319 e. The third-order valence-corrected chi connectivity index (χ3v) is 4.28. The Labute approximate surface area is 133 Å². The van der Waals surface area contributed by atoms with E-state index in [1.165, 1.54) is 11.3 Å². The molecule has 1 aromatic carbocycles. The lowest BCUT2D eigenvalue weighted by Gasteiger charge is -2.15. The van der Waals surface area contributed by atoms with Gasteiger partial charge in [-0.05, 0) is 31.2 Å². The van der Waals surface area contributed by atoms with E-state index in [1.807, 2.05) is 43.3 Å². The summed E-state index contributed by atoms with van der Waals surface area (Å²) >= 11 is 7.35. The van der Waals surface area contributed by atoms with Crippen LogP contribution in [0.15, 0.2) is 36.4 Å². The van der Waals surface area contributed by atoms with Crippen molar-refractivity contribution in [1.29, 1.82) is 0 Å². The van der Waals surface area contributed by atoms with Crippen molar-refractivity contribution in [3.8, 4) is 0 Å². The van der Waals surface area contributed by atoms with E-state index in [1.54, 1.807) is 7.11 Å². The van der Waals surface area contributed by atoms with Gasteiger partial charge in [-0.25, -0.2) is 4.79 Å². The summed E-state index contributed by atoms with van der Waals surface area (Å²) in [5.41, 5.74) is 1.90. The fourth-order valence-corrected chi connectivity index (χ4v) is 2.94. The van der Waals surface area contributed by atoms with E-state index in [-0.39, 0.29) is 12.1 Å². The average Bonchev–Trinajstić information content (AvgIpc) is 2.89. The van der Waals surface area contributed by atoms with Gasteiger partial charge in [-0.2, -0.15) is 0 Å². The van der Waals surface area contributed by atoms with E-state index >= 15 is 0 Å². The number of hydrogen-bond donors (Lipinski definition) is 2. The Balaban J connectivity index is 1.86. The number of anilines is 1. The normalized spacial score (nSPS) is 12.0. The summed E-state index contributed by atoms with van der Waals surface area (Å²) in [5.74, 6) is 0. The predicted molar refractivity (Wildman–Crippen MR) is 87.3 cm³/mol. The fraction of sp³-hybridized carbons (Fsp3) is 0.267. The number of hydrogen-bond acceptors (Lipinski definition) is 3. The molecule has 1 unspecified atom stereocenters. The second-order valence-corrected chi connectivity index (χ2v) is 6.31. The van der Waals surface area contributed by atoms with Gasteiger partial charge in [0.2, 0.25) is 0 Å². The van der Waals surface area contributed by atoms with Crippen LogP contribution in [0.2, 0.25) is 4.34 Å². The molecule has 1 atom stereocenters. The van der Waals surface area contributed by atoms with Gasteiger partial charge < -0.3 is 15.4 Å². The Morgan fingerprint density at radius 1 is 1.29 bits per heavy atom. The lowest BCUT2D eigenvalue weighted by atomic mass is 10.2. The molecular weight excluding hydrogens is 308 g/mol. The van der Waals surface area contributed by atoms with Crippen molar-refractivity contribution in [2.75, 3.05) is 19.0 Å². The smallest absolute Gasteiger partial charge is 0.319 e. The Morgan fingerprint density at radius 3 is 2.57 bits per heavy atom. The molecule has 2 rings (SSSR count). The maximum atomic E-state index is 11.9. The molecule has 0 aliphatic carbocycles. The first kappa shape index (κ1) is 15.8. The van der Waals surface area contributed by atoms with E-state index in [4.69, 9.17) is 16.3 Å². The average molecular weight is 325 g/mol. The SMILES string of the molecule is COC(CNC(=O)Nc1ccc(C)cc1)c1ccc(Cl)s1. The van der Waals surface area contributed by atoms with Crippen molar-refractivity contribution in [2.45, 2.75) is 13.0 Å². The number of rotatable bonds is 5. The van der Waals surface area contributed by atoms with Crippen molar-refractivity contribution in [2.24, 2.45) is 0 Å². The minimum absolute atomic E-state index is 0.203. The number of thiophene rings is 1. The first-order valence-corrected chi connectivity index (χ1v) is 7.67. The minimum Gasteiger partial charge on any atom is -0.374 e. The highest BCUT2D eigenvalue weighted by Crippen LogP contribution is 2.28. The highest BCUT2D eigenvalue weighted by Gasteiger charge is 2.14. The maximum absolute atomic E-state index is 11.9. The fourth-order valence-electron chi connectivity index (χ4n) is 1.80. The summed E-state index contributed by atoms with van der Waals surface area (Å²) in [5, 5.41) is 5.57. The predicted octanol–water partition coefficient (Wildman–Crippen LogP) is 4.22. The van der Waals surface area contributed by atoms with Crippen molar-refractivity contribution >= 4 is 34.7 Å². The van der Waals surface area contributed by atoms with Gasteiger partial charge in [0.25, 0.3) is 0 Å². The van der Waals surface area contributed by atoms with Crippen LogP contribution in [0.3, 0.4) is 0 Å². The van der Waals surface area contributed by atoms with Crippen LogP contribution in [-0.4, -0.2) is 19.7 Å². The van der Waals surface area contributed by atoms with Crippen molar-refractivity contribution < 1.29 is 9.53 Å². The Morgan fingerprint density at radius 2 is 2.00 bits per heavy atom. The number of aryl methyl sites for hydroxylation is 1. The van der Waals surface area contributed by atoms with Crippen molar-refractivity contribution in [3.05, 3.63) is 51.2 Å². The molecule has 0 spiro atoms. The van der Waals surface area contributed by atoms with E-state index in [2.05, 4.69) is 10.6 Å². The number of ether oxygens (including phenoxy) is 1. The van der Waals surface area contributed by atoms with Crippen molar-refractivity contribution in [1.82, 2.24) is 5.32 Å². The summed E-state index contributed by atoms with van der Waals surface area (Å²) in [6.45, 7) is 2.38. The molecule has 0 aliphatic rings. The van der Waals surface area contributed by atoms with Gasteiger partial charge in [0.05, 0.1) is 10.9 Å². The summed E-state index contributed by atoms with van der Waals surface area (Å²) in [6, 6.07) is 11.1. The number of amides is 2. The topological polar surface area (TPSA) is 50.4 Å². The molecule has 2 amide bonds. The second kappa shape index (κ2) is 7.45. The van der Waals surface area contributed by atoms with Gasteiger partial charge in [0.1, 0.15) is 6.10 Å². The molecular formula is C15H17ClN2O2S. The third kappa shape index (κ3) is 4.74. The van der Waals surface area contributed by atoms with Crippen LogP contribution < -0.4 is 10.6 Å². The summed E-state index contributed by atoms with van der Waals surface area (Å²) in [4.78, 5) is 12.8. The molecule has 0 aliphatic heterocycles. The van der Waals surface area contributed by atoms with Gasteiger partial charge >= 0.3 is 6.03 Å². The van der Waals surface area contributed by atoms with Gasteiger partial charge in [0.15, 0.2) is 0 Å². The quantitative estimate of drug-likeness (QED) is 0.865. The van der Waals surface area contributed by atoms with E-state index in [0.717, 1.165) is 16.1 Å². The van der Waals surface area contributed by atoms with Crippen LogP contribution in [0.25, 0.3) is 0 Å². The molecule has 1 heterocycles. The molecule has 0 bridgehead atoms. The molecule has 2 N–H and O–H groups in total. The van der Waals surface area contributed by atoms with Crippen LogP contribution in [0.5, 0.6) is 0 Å². The van der Waals surface area contributed by atoms with Gasteiger partial charge in [-0.3, -0.25) is 0 Å². The van der Waals surface area contributed by atoms with E-state index < -0.39 is 0 Å². The first-order valence-electron chi connectivity index (χ1n) is 6.48. The molecule has 21 heavy (non-hydrogen) atoms. The van der Waals surface area contributed by atoms with E-state index in [0.29, 0.717) is 10.9 Å². The molecule has 0 fully saturated rings. The molecule has 4 nitrogen and oxygen atoms in total. The zero-order valence-electron chi connectivity index (χ0n) is 11.9. The second-order valence-electron chi connectivity index (χ2n) is 4.57. The van der Waals surface area contributed by atoms with Crippen LogP contribution >= 0.6 is 22.9 Å². The van der Waals surface area contributed by atoms with Gasteiger partial charge in [-0.1, -0.05) is 29.3 Å². The number of carbonyl (C=O) groups is 1. The zero-order valence-corrected chi connectivity index (χ0v) is 13.4. The number of halogens is 1. The Hall–Kier alpha value is -1.56. The first-order chi connectivity index (χ1) is 10.1. The highest BCUT2D eigenvalue weighted by molar-refractivity contribution is 7.16. The molecule has 0 saturated carbocycles.